The summed E-state index contributed by atoms with van der Waals surface area (Å²) < 4.78 is 6.19. The first-order valence-electron chi connectivity index (χ1n) is 6.96. The molecule has 4 nitrogen and oxygen atoms in total. The van der Waals surface area contributed by atoms with Gasteiger partial charge in [-0.15, -0.1) is 10.2 Å². The molecule has 0 spiro atoms. The SMILES string of the molecule is COc1ccccc1Nc1nnc(SCc2ccc(Cl)c(Cl)c2)s1. The maximum Gasteiger partial charge on any atom is 0.210 e. The van der Waals surface area contributed by atoms with Crippen molar-refractivity contribution in [2.45, 2.75) is 10.1 Å². The van der Waals surface area contributed by atoms with Gasteiger partial charge >= 0.3 is 0 Å². The molecule has 24 heavy (non-hydrogen) atoms. The van der Waals surface area contributed by atoms with E-state index in [9.17, 15) is 0 Å². The highest BCUT2D eigenvalue weighted by atomic mass is 35.5. The van der Waals surface area contributed by atoms with E-state index in [-0.39, 0.29) is 0 Å². The van der Waals surface area contributed by atoms with Crippen molar-refractivity contribution in [3.63, 3.8) is 0 Å². The molecule has 1 heterocycles. The van der Waals surface area contributed by atoms with Crippen molar-refractivity contribution < 1.29 is 4.74 Å². The molecule has 8 heteroatoms. The van der Waals surface area contributed by atoms with Crippen LogP contribution in [0.3, 0.4) is 0 Å². The zero-order valence-corrected chi connectivity index (χ0v) is 15.8. The van der Waals surface area contributed by atoms with Gasteiger partial charge in [0, 0.05) is 5.75 Å². The molecule has 0 saturated carbocycles. The Labute approximate surface area is 158 Å². The lowest BCUT2D eigenvalue weighted by Gasteiger charge is -2.07. The predicted molar refractivity (Wildman–Crippen MR) is 102 cm³/mol. The first-order chi connectivity index (χ1) is 11.7. The summed E-state index contributed by atoms with van der Waals surface area (Å²) in [5, 5.41) is 13.4. The van der Waals surface area contributed by atoms with E-state index in [2.05, 4.69) is 15.5 Å². The van der Waals surface area contributed by atoms with Gasteiger partial charge in [-0.1, -0.05) is 64.5 Å². The lowest BCUT2D eigenvalue weighted by molar-refractivity contribution is 0.417. The summed E-state index contributed by atoms with van der Waals surface area (Å²) in [6.07, 6.45) is 0. The van der Waals surface area contributed by atoms with E-state index in [0.29, 0.717) is 10.0 Å². The van der Waals surface area contributed by atoms with E-state index in [0.717, 1.165) is 32.2 Å². The summed E-state index contributed by atoms with van der Waals surface area (Å²) in [6.45, 7) is 0. The Morgan fingerprint density at radius 2 is 1.96 bits per heavy atom. The maximum atomic E-state index is 6.03. The van der Waals surface area contributed by atoms with Gasteiger partial charge in [0.25, 0.3) is 0 Å². The molecule has 1 aromatic heterocycles. The standard InChI is InChI=1S/C16H13Cl2N3OS2/c1-22-14-5-3-2-4-13(14)19-15-20-21-16(24-15)23-9-10-6-7-11(17)12(18)8-10/h2-8H,9H2,1H3,(H,19,20). The highest BCUT2D eigenvalue weighted by Gasteiger charge is 2.08. The summed E-state index contributed by atoms with van der Waals surface area (Å²) in [6, 6.07) is 13.3. The number of hydrogen-bond acceptors (Lipinski definition) is 6. The van der Waals surface area contributed by atoms with Crippen molar-refractivity contribution in [3.05, 3.63) is 58.1 Å². The average Bonchev–Trinajstić information content (AvgIpc) is 3.04. The molecule has 0 aliphatic heterocycles. The quantitative estimate of drug-likeness (QED) is 0.525. The Kier molecular flexibility index (Phi) is 5.84. The number of aromatic nitrogens is 2. The topological polar surface area (TPSA) is 47.0 Å². The van der Waals surface area contributed by atoms with Crippen LogP contribution < -0.4 is 10.1 Å². The number of rotatable bonds is 6. The van der Waals surface area contributed by atoms with Crippen LogP contribution in [0.25, 0.3) is 0 Å². The highest BCUT2D eigenvalue weighted by molar-refractivity contribution is 8.00. The van der Waals surface area contributed by atoms with E-state index in [4.69, 9.17) is 27.9 Å². The molecule has 0 radical (unpaired) electrons. The number of nitrogens with one attached hydrogen (secondary N) is 1. The minimum Gasteiger partial charge on any atom is -0.495 e. The van der Waals surface area contributed by atoms with Gasteiger partial charge < -0.3 is 10.1 Å². The fraction of sp³-hybridized carbons (Fsp3) is 0.125. The Morgan fingerprint density at radius 1 is 1.12 bits per heavy atom. The fourth-order valence-corrected chi connectivity index (χ4v) is 3.98. The third-order valence-corrected chi connectivity index (χ3v) is 5.88. The van der Waals surface area contributed by atoms with Crippen molar-refractivity contribution in [2.24, 2.45) is 0 Å². The summed E-state index contributed by atoms with van der Waals surface area (Å²) >= 11 is 15.0. The number of anilines is 2. The molecular formula is C16H13Cl2N3OS2. The van der Waals surface area contributed by atoms with Gasteiger partial charge in [-0.25, -0.2) is 0 Å². The van der Waals surface area contributed by atoms with Crippen molar-refractivity contribution in [1.29, 1.82) is 0 Å². The van der Waals surface area contributed by atoms with E-state index in [1.54, 1.807) is 24.9 Å². The number of nitrogens with zero attached hydrogens (tertiary/aromatic N) is 2. The predicted octanol–water partition coefficient (Wildman–Crippen LogP) is 5.89. The molecule has 0 fully saturated rings. The van der Waals surface area contributed by atoms with Gasteiger partial charge in [0.2, 0.25) is 5.13 Å². The van der Waals surface area contributed by atoms with Crippen LogP contribution in [0.4, 0.5) is 10.8 Å². The summed E-state index contributed by atoms with van der Waals surface area (Å²) in [5.41, 5.74) is 1.95. The lowest BCUT2D eigenvalue weighted by Crippen LogP contribution is -1.93. The number of halogens is 2. The minimum absolute atomic E-state index is 0.560. The molecule has 2 aromatic carbocycles. The van der Waals surface area contributed by atoms with Crippen molar-refractivity contribution in [1.82, 2.24) is 10.2 Å². The van der Waals surface area contributed by atoms with Crippen LogP contribution in [0.2, 0.25) is 10.0 Å². The molecule has 1 N–H and O–H groups in total. The number of para-hydroxylation sites is 2. The molecule has 0 unspecified atom stereocenters. The van der Waals surface area contributed by atoms with Crippen LogP contribution in [-0.2, 0) is 5.75 Å². The molecule has 0 amide bonds. The van der Waals surface area contributed by atoms with Gasteiger partial charge in [0.1, 0.15) is 5.75 Å². The smallest absolute Gasteiger partial charge is 0.210 e. The van der Waals surface area contributed by atoms with Crippen LogP contribution in [-0.4, -0.2) is 17.3 Å². The molecule has 0 bridgehead atoms. The summed E-state index contributed by atoms with van der Waals surface area (Å²) in [4.78, 5) is 0. The molecule has 3 rings (SSSR count). The van der Waals surface area contributed by atoms with Gasteiger partial charge in [0.05, 0.1) is 22.8 Å². The number of hydrogen-bond donors (Lipinski definition) is 1. The molecular weight excluding hydrogens is 385 g/mol. The van der Waals surface area contributed by atoms with Crippen LogP contribution in [0.1, 0.15) is 5.56 Å². The van der Waals surface area contributed by atoms with Crippen molar-refractivity contribution in [3.8, 4) is 5.75 Å². The van der Waals surface area contributed by atoms with Crippen LogP contribution in [0, 0.1) is 0 Å². The molecule has 3 aromatic rings. The minimum atomic E-state index is 0.560. The first-order valence-corrected chi connectivity index (χ1v) is 9.52. The van der Waals surface area contributed by atoms with Gasteiger partial charge in [-0.05, 0) is 29.8 Å². The zero-order valence-electron chi connectivity index (χ0n) is 12.6. The average molecular weight is 398 g/mol. The Balaban J connectivity index is 1.64. The highest BCUT2D eigenvalue weighted by Crippen LogP contribution is 2.33. The van der Waals surface area contributed by atoms with E-state index < -0.39 is 0 Å². The largest absolute Gasteiger partial charge is 0.495 e. The third kappa shape index (κ3) is 4.33. The fourth-order valence-electron chi connectivity index (χ4n) is 1.96. The third-order valence-electron chi connectivity index (χ3n) is 3.10. The van der Waals surface area contributed by atoms with E-state index in [1.165, 1.54) is 11.3 Å². The normalized spacial score (nSPS) is 10.6. The van der Waals surface area contributed by atoms with E-state index in [1.807, 2.05) is 36.4 Å². The lowest BCUT2D eigenvalue weighted by atomic mass is 10.2. The van der Waals surface area contributed by atoms with Crippen LogP contribution >= 0.6 is 46.3 Å². The number of methoxy groups -OCH3 is 1. The van der Waals surface area contributed by atoms with Gasteiger partial charge in [0.15, 0.2) is 4.34 Å². The first kappa shape index (κ1) is 17.4. The molecule has 0 saturated heterocycles. The molecule has 0 aliphatic carbocycles. The number of ether oxygens (including phenoxy) is 1. The van der Waals surface area contributed by atoms with Crippen molar-refractivity contribution >= 4 is 57.1 Å². The number of thioether (sulfide) groups is 1. The van der Waals surface area contributed by atoms with Gasteiger partial charge in [-0.3, -0.25) is 0 Å². The summed E-state index contributed by atoms with van der Waals surface area (Å²) in [7, 11) is 1.64. The molecule has 124 valence electrons. The van der Waals surface area contributed by atoms with E-state index >= 15 is 0 Å². The second-order valence-corrected chi connectivity index (χ2v) is 7.75. The zero-order chi connectivity index (χ0) is 16.9. The Morgan fingerprint density at radius 3 is 2.75 bits per heavy atom. The van der Waals surface area contributed by atoms with Crippen LogP contribution in [0.15, 0.2) is 46.8 Å². The molecule has 0 aliphatic rings. The van der Waals surface area contributed by atoms with Crippen molar-refractivity contribution in [2.75, 3.05) is 12.4 Å². The Hall–Kier alpha value is -1.47. The second-order valence-electron chi connectivity index (χ2n) is 4.74. The summed E-state index contributed by atoms with van der Waals surface area (Å²) in [5.74, 6) is 1.51. The number of benzene rings is 2. The second kappa shape index (κ2) is 8.07. The monoisotopic (exact) mass is 397 g/mol. The van der Waals surface area contributed by atoms with Gasteiger partial charge in [-0.2, -0.15) is 0 Å². The maximum absolute atomic E-state index is 6.03. The van der Waals surface area contributed by atoms with Crippen LogP contribution in [0.5, 0.6) is 5.75 Å². The Bertz CT molecular complexity index is 842. The molecule has 0 atom stereocenters.